The number of hydrogen-bond donors (Lipinski definition) is 0. The molecule has 0 radical (unpaired) electrons. The van der Waals surface area contributed by atoms with Gasteiger partial charge in [0.1, 0.15) is 0 Å². The van der Waals surface area contributed by atoms with Crippen LogP contribution in [0, 0.1) is 0 Å². The van der Waals surface area contributed by atoms with Crippen molar-refractivity contribution in [2.75, 3.05) is 0 Å². The van der Waals surface area contributed by atoms with E-state index in [-0.39, 0.29) is 0 Å². The van der Waals surface area contributed by atoms with Crippen molar-refractivity contribution in [3.05, 3.63) is 99.5 Å². The van der Waals surface area contributed by atoms with Crippen molar-refractivity contribution in [3.63, 3.8) is 0 Å². The molecule has 7 heteroatoms. The fourth-order valence-corrected chi connectivity index (χ4v) is 12.5. The number of halogens is 4. The molecule has 2 aliphatic carbocycles. The topological polar surface area (TPSA) is 18.5 Å². The molecular formula is C22H16Cl4O2Zr. The van der Waals surface area contributed by atoms with Crippen LogP contribution in [0.1, 0.15) is 12.8 Å². The molecule has 2 aromatic carbocycles. The fourth-order valence-electron chi connectivity index (χ4n) is 3.29. The molecular weight excluding hydrogens is 529 g/mol. The molecule has 148 valence electrons. The molecule has 0 unspecified atom stereocenters. The van der Waals surface area contributed by atoms with Gasteiger partial charge in [-0.1, -0.05) is 0 Å². The van der Waals surface area contributed by atoms with Gasteiger partial charge in [-0.2, -0.15) is 0 Å². The standard InChI is InChI=1S/2C6H4Cl2O.2C5H5.Zr/c2*7-4-1-2-5(8)6(9)3-4;2*1-2-4-5-3-1;/h2*1-3,9H;2*1-3H,4H2;/q;;;;+2/p-2. The summed E-state index contributed by atoms with van der Waals surface area (Å²) in [4.78, 5) is 0. The third kappa shape index (κ3) is 4.55. The summed E-state index contributed by atoms with van der Waals surface area (Å²) in [6, 6.07) is 10.4. The molecule has 0 saturated heterocycles. The van der Waals surface area contributed by atoms with Gasteiger partial charge in [0, 0.05) is 0 Å². The van der Waals surface area contributed by atoms with Crippen LogP contribution < -0.4 is 5.63 Å². The molecule has 2 nitrogen and oxygen atoms in total. The van der Waals surface area contributed by atoms with Gasteiger partial charge in [0.05, 0.1) is 0 Å². The van der Waals surface area contributed by atoms with E-state index >= 15 is 0 Å². The van der Waals surface area contributed by atoms with Gasteiger partial charge in [-0.25, -0.2) is 0 Å². The molecule has 2 aliphatic rings. The third-order valence-corrected chi connectivity index (χ3v) is 14.3. The second kappa shape index (κ2) is 9.04. The molecule has 0 fully saturated rings. The van der Waals surface area contributed by atoms with Gasteiger partial charge in [-0.3, -0.25) is 0 Å². The van der Waals surface area contributed by atoms with Crippen molar-refractivity contribution >= 4 is 46.4 Å². The van der Waals surface area contributed by atoms with Gasteiger partial charge in [0.15, 0.2) is 0 Å². The second-order valence-electron chi connectivity index (χ2n) is 6.62. The molecule has 0 N–H and O–H groups in total. The third-order valence-electron chi connectivity index (χ3n) is 4.68. The maximum atomic E-state index is 6.73. The summed E-state index contributed by atoms with van der Waals surface area (Å²) in [5.74, 6) is 1.02. The Balaban J connectivity index is 1.86. The van der Waals surface area contributed by atoms with E-state index in [2.05, 4.69) is 24.3 Å². The maximum absolute atomic E-state index is 6.73. The molecule has 4 rings (SSSR count). The van der Waals surface area contributed by atoms with Crippen molar-refractivity contribution in [2.45, 2.75) is 12.8 Å². The van der Waals surface area contributed by atoms with E-state index in [9.17, 15) is 0 Å². The second-order valence-corrected chi connectivity index (χ2v) is 15.5. The Bertz CT molecular complexity index is 987. The van der Waals surface area contributed by atoms with Crippen LogP contribution in [0.15, 0.2) is 79.4 Å². The summed E-state index contributed by atoms with van der Waals surface area (Å²) in [7, 11) is 0. The van der Waals surface area contributed by atoms with E-state index in [1.54, 1.807) is 36.4 Å². The predicted molar refractivity (Wildman–Crippen MR) is 118 cm³/mol. The molecule has 0 aromatic heterocycles. The first-order valence-electron chi connectivity index (χ1n) is 8.98. The Morgan fingerprint density at radius 2 is 1.10 bits per heavy atom. The zero-order chi connectivity index (χ0) is 20.4. The van der Waals surface area contributed by atoms with Crippen molar-refractivity contribution in [1.29, 1.82) is 0 Å². The van der Waals surface area contributed by atoms with Gasteiger partial charge in [0.25, 0.3) is 0 Å². The molecule has 0 spiro atoms. The molecule has 0 aliphatic heterocycles. The summed E-state index contributed by atoms with van der Waals surface area (Å²) < 4.78 is 15.7. The number of benzene rings is 2. The molecule has 0 atom stereocenters. The zero-order valence-electron chi connectivity index (χ0n) is 15.2. The SMILES string of the molecule is Clc1ccc(Cl)c([O][Zr]([O]c2cc(Cl)ccc2Cl)([C]2=CC=CC2)[C]2=CC=CC2)c1. The molecule has 0 saturated carbocycles. The first-order valence-corrected chi connectivity index (χ1v) is 15.0. The van der Waals surface area contributed by atoms with Crippen molar-refractivity contribution in [2.24, 2.45) is 0 Å². The van der Waals surface area contributed by atoms with Crippen LogP contribution in [0.25, 0.3) is 0 Å². The molecule has 0 bridgehead atoms. The van der Waals surface area contributed by atoms with Gasteiger partial charge in [-0.15, -0.1) is 0 Å². The molecule has 29 heavy (non-hydrogen) atoms. The predicted octanol–water partition coefficient (Wildman–Crippen LogP) is 8.43. The van der Waals surface area contributed by atoms with E-state index in [0.29, 0.717) is 31.6 Å². The summed E-state index contributed by atoms with van der Waals surface area (Å²) in [6.07, 6.45) is 13.9. The Labute approximate surface area is 195 Å². The monoisotopic (exact) mass is 542 g/mol. The molecule has 2 aromatic rings. The summed E-state index contributed by atoms with van der Waals surface area (Å²) >= 11 is 21.1. The van der Waals surface area contributed by atoms with Crippen LogP contribution in [0.5, 0.6) is 11.5 Å². The van der Waals surface area contributed by atoms with Crippen LogP contribution in [0.3, 0.4) is 0 Å². The van der Waals surface area contributed by atoms with Crippen molar-refractivity contribution in [1.82, 2.24) is 0 Å². The van der Waals surface area contributed by atoms with Crippen LogP contribution in [-0.2, 0) is 21.1 Å². The van der Waals surface area contributed by atoms with Gasteiger partial charge < -0.3 is 0 Å². The van der Waals surface area contributed by atoms with Crippen LogP contribution in [0.4, 0.5) is 0 Å². The quantitative estimate of drug-likeness (QED) is 0.363. The van der Waals surface area contributed by atoms with Gasteiger partial charge in [0.2, 0.25) is 0 Å². The van der Waals surface area contributed by atoms with Gasteiger partial charge >= 0.3 is 197 Å². The van der Waals surface area contributed by atoms with Gasteiger partial charge in [-0.05, 0) is 0 Å². The molecule has 0 heterocycles. The molecule has 0 amide bonds. The first kappa shape index (κ1) is 21.3. The number of allylic oxidation sites excluding steroid dienone is 8. The first-order chi connectivity index (χ1) is 14.0. The van der Waals surface area contributed by atoms with E-state index in [1.165, 1.54) is 0 Å². The number of hydrogen-bond acceptors (Lipinski definition) is 2. The minimum atomic E-state index is -4.21. The summed E-state index contributed by atoms with van der Waals surface area (Å²) in [5.41, 5.74) is 0. The zero-order valence-corrected chi connectivity index (χ0v) is 20.7. The Kier molecular flexibility index (Phi) is 6.63. The van der Waals surface area contributed by atoms with E-state index in [0.717, 1.165) is 19.4 Å². The normalized spacial score (nSPS) is 15.4. The number of rotatable bonds is 6. The van der Waals surface area contributed by atoms with Crippen molar-refractivity contribution in [3.8, 4) is 11.5 Å². The average molecular weight is 545 g/mol. The summed E-state index contributed by atoms with van der Waals surface area (Å²) in [6.45, 7) is 0. The van der Waals surface area contributed by atoms with Crippen LogP contribution >= 0.6 is 46.4 Å². The van der Waals surface area contributed by atoms with Crippen LogP contribution in [0.2, 0.25) is 20.1 Å². The summed E-state index contributed by atoms with van der Waals surface area (Å²) in [5, 5.41) is 2.05. The van der Waals surface area contributed by atoms with E-state index < -0.39 is 21.1 Å². The van der Waals surface area contributed by atoms with E-state index in [1.807, 2.05) is 12.2 Å². The Morgan fingerprint density at radius 1 is 0.655 bits per heavy atom. The Hall–Kier alpha value is -0.957. The minimum absolute atomic E-state index is 0.481. The van der Waals surface area contributed by atoms with Crippen molar-refractivity contribution < 1.29 is 26.8 Å². The average Bonchev–Trinajstić information content (AvgIpc) is 3.41. The fraction of sp³-hybridized carbons (Fsp3) is 0.0909. The Morgan fingerprint density at radius 3 is 1.48 bits per heavy atom. The van der Waals surface area contributed by atoms with Crippen LogP contribution in [-0.4, -0.2) is 0 Å². The van der Waals surface area contributed by atoms with E-state index in [4.69, 9.17) is 52.0 Å².